The van der Waals surface area contributed by atoms with Gasteiger partial charge in [-0.15, -0.1) is 0 Å². The molecule has 1 aromatic rings. The van der Waals surface area contributed by atoms with Crippen LogP contribution in [0, 0.1) is 0 Å². The van der Waals surface area contributed by atoms with Crippen molar-refractivity contribution in [2.24, 2.45) is 0 Å². The number of fused-ring (bicyclic) bond motifs is 1. The molecule has 1 aliphatic carbocycles. The zero-order valence-electron chi connectivity index (χ0n) is 10.8. The molecule has 7 nitrogen and oxygen atoms in total. The van der Waals surface area contributed by atoms with E-state index in [9.17, 15) is 19.5 Å². The number of amides is 3. The molecule has 0 radical (unpaired) electrons. The van der Waals surface area contributed by atoms with Crippen molar-refractivity contribution < 1.29 is 24.3 Å². The van der Waals surface area contributed by atoms with E-state index in [0.717, 1.165) is 4.90 Å². The van der Waals surface area contributed by atoms with E-state index in [1.165, 1.54) is 0 Å². The molecule has 3 amide bonds. The fourth-order valence-electron chi connectivity index (χ4n) is 2.59. The van der Waals surface area contributed by atoms with Gasteiger partial charge in [0.15, 0.2) is 6.09 Å². The summed E-state index contributed by atoms with van der Waals surface area (Å²) in [7, 11) is 0. The molecule has 1 N–H and O–H groups in total. The molecule has 0 aromatic heterocycles. The first-order valence-electron chi connectivity index (χ1n) is 6.36. The molecule has 3 rings (SSSR count). The molecule has 21 heavy (non-hydrogen) atoms. The van der Waals surface area contributed by atoms with E-state index in [1.54, 1.807) is 41.9 Å². The highest BCUT2D eigenvalue weighted by molar-refractivity contribution is 6.21. The fraction of sp³-hybridized carbons (Fsp3) is 0.214. The van der Waals surface area contributed by atoms with Crippen LogP contribution >= 0.6 is 0 Å². The maximum Gasteiger partial charge on any atom is 0.262 e. The zero-order chi connectivity index (χ0) is 15.0. The number of hydroxylamine groups is 1. The summed E-state index contributed by atoms with van der Waals surface area (Å²) in [4.78, 5) is 41.1. The van der Waals surface area contributed by atoms with Crippen molar-refractivity contribution in [3.63, 3.8) is 0 Å². The Balaban J connectivity index is 1.84. The van der Waals surface area contributed by atoms with Crippen molar-refractivity contribution in [2.75, 3.05) is 0 Å². The van der Waals surface area contributed by atoms with E-state index in [1.807, 2.05) is 0 Å². The van der Waals surface area contributed by atoms with E-state index >= 15 is 0 Å². The van der Waals surface area contributed by atoms with Gasteiger partial charge in [0.05, 0.1) is 17.2 Å². The lowest BCUT2D eigenvalue weighted by Gasteiger charge is -2.27. The van der Waals surface area contributed by atoms with Crippen LogP contribution in [0.1, 0.15) is 27.1 Å². The number of nitrogens with one attached hydrogen (secondary N) is 1. The summed E-state index contributed by atoms with van der Waals surface area (Å²) < 4.78 is 0. The summed E-state index contributed by atoms with van der Waals surface area (Å²) in [5, 5.41) is 10.4. The predicted molar refractivity (Wildman–Crippen MR) is 67.9 cm³/mol. The van der Waals surface area contributed by atoms with Crippen LogP contribution in [0.2, 0.25) is 0 Å². The first kappa shape index (κ1) is 13.3. The second kappa shape index (κ2) is 5.02. The summed E-state index contributed by atoms with van der Waals surface area (Å²) in [6.45, 7) is 0. The molecular weight excluding hydrogens is 276 g/mol. The van der Waals surface area contributed by atoms with Gasteiger partial charge in [0, 0.05) is 0 Å². The van der Waals surface area contributed by atoms with Crippen LogP contribution in [0.3, 0.4) is 0 Å². The molecule has 1 aromatic carbocycles. The monoisotopic (exact) mass is 287 g/mol. The Bertz CT molecular complexity index is 620. The number of rotatable bonds is 3. The second-order valence-corrected chi connectivity index (χ2v) is 4.73. The van der Waals surface area contributed by atoms with Crippen LogP contribution in [-0.2, 0) is 4.84 Å². The lowest BCUT2D eigenvalue weighted by Crippen LogP contribution is -2.48. The molecule has 0 spiro atoms. The van der Waals surface area contributed by atoms with E-state index in [4.69, 9.17) is 4.84 Å². The van der Waals surface area contributed by atoms with Crippen LogP contribution in [0.25, 0.3) is 0 Å². The Labute approximate surface area is 119 Å². The zero-order valence-corrected chi connectivity index (χ0v) is 10.8. The van der Waals surface area contributed by atoms with Crippen molar-refractivity contribution in [3.05, 3.63) is 47.5 Å². The van der Waals surface area contributed by atoms with Crippen molar-refractivity contribution in [1.82, 2.24) is 10.4 Å². The van der Waals surface area contributed by atoms with E-state index in [0.29, 0.717) is 17.5 Å². The summed E-state index contributed by atoms with van der Waals surface area (Å²) in [5.74, 6) is -0.816. The maximum atomic E-state index is 12.3. The Morgan fingerprint density at radius 1 is 1.24 bits per heavy atom. The number of hydrogen-bond acceptors (Lipinski definition) is 5. The summed E-state index contributed by atoms with van der Waals surface area (Å²) in [5.41, 5.74) is 2.39. The van der Waals surface area contributed by atoms with Crippen molar-refractivity contribution in [3.8, 4) is 0 Å². The van der Waals surface area contributed by atoms with Crippen LogP contribution in [0.4, 0.5) is 4.79 Å². The van der Waals surface area contributed by atoms with Crippen molar-refractivity contribution in [2.45, 2.75) is 18.6 Å². The maximum absolute atomic E-state index is 12.3. The topological polar surface area (TPSA) is 98.8 Å². The SMILES string of the molecule is O=C([O-])NOC1CC=CC1N1C(=O)c2ccccc2C1=O. The molecule has 108 valence electrons. The molecule has 2 unspecified atom stereocenters. The van der Waals surface area contributed by atoms with E-state index in [-0.39, 0.29) is 0 Å². The standard InChI is InChI=1S/C14H12N2O5/c17-12-8-4-1-2-5-9(8)13(18)16(12)10-6-3-7-11(10)21-15-14(19)20/h1-6,10-11,15H,7H2,(H,19,20)/p-1. The molecule has 0 saturated heterocycles. The van der Waals surface area contributed by atoms with Gasteiger partial charge in [-0.1, -0.05) is 24.3 Å². The van der Waals surface area contributed by atoms with Crippen LogP contribution < -0.4 is 10.6 Å². The minimum atomic E-state index is -1.58. The average molecular weight is 287 g/mol. The molecule has 0 saturated carbocycles. The second-order valence-electron chi connectivity index (χ2n) is 4.73. The van der Waals surface area contributed by atoms with Crippen LogP contribution in [0.5, 0.6) is 0 Å². The summed E-state index contributed by atoms with van der Waals surface area (Å²) in [6, 6.07) is 5.89. The first-order chi connectivity index (χ1) is 10.1. The lowest BCUT2D eigenvalue weighted by atomic mass is 10.1. The Morgan fingerprint density at radius 2 is 1.86 bits per heavy atom. The molecule has 1 heterocycles. The largest absolute Gasteiger partial charge is 0.528 e. The average Bonchev–Trinajstić information content (AvgIpc) is 3.01. The predicted octanol–water partition coefficient (Wildman–Crippen LogP) is -0.156. The quantitative estimate of drug-likeness (QED) is 0.473. The van der Waals surface area contributed by atoms with Crippen LogP contribution in [-0.4, -0.2) is 35.0 Å². The van der Waals surface area contributed by atoms with Gasteiger partial charge in [0.2, 0.25) is 0 Å². The minimum Gasteiger partial charge on any atom is -0.528 e. The third-order valence-electron chi connectivity index (χ3n) is 3.50. The fourth-order valence-corrected chi connectivity index (χ4v) is 2.59. The highest BCUT2D eigenvalue weighted by Gasteiger charge is 2.43. The van der Waals surface area contributed by atoms with Crippen molar-refractivity contribution in [1.29, 1.82) is 0 Å². The molecular formula is C14H11N2O5-. The third kappa shape index (κ3) is 2.17. The highest BCUT2D eigenvalue weighted by Crippen LogP contribution is 2.29. The Morgan fingerprint density at radius 3 is 2.43 bits per heavy atom. The third-order valence-corrected chi connectivity index (χ3v) is 3.50. The van der Waals surface area contributed by atoms with Crippen LogP contribution in [0.15, 0.2) is 36.4 Å². The summed E-state index contributed by atoms with van der Waals surface area (Å²) in [6.07, 6.45) is 1.53. The van der Waals surface area contributed by atoms with E-state index < -0.39 is 30.1 Å². The molecule has 1 aliphatic heterocycles. The molecule has 2 aliphatic rings. The number of carboxylic acid groups (broad SMARTS) is 1. The number of nitrogens with zero attached hydrogens (tertiary/aromatic N) is 1. The lowest BCUT2D eigenvalue weighted by molar-refractivity contribution is -0.266. The Kier molecular flexibility index (Phi) is 3.19. The molecule has 0 bridgehead atoms. The van der Waals surface area contributed by atoms with Gasteiger partial charge in [0.25, 0.3) is 11.8 Å². The van der Waals surface area contributed by atoms with Gasteiger partial charge in [-0.3, -0.25) is 24.8 Å². The number of carbonyl (C=O) groups excluding carboxylic acids is 3. The van der Waals surface area contributed by atoms with Gasteiger partial charge in [0.1, 0.15) is 6.10 Å². The number of carbonyl (C=O) groups is 3. The van der Waals surface area contributed by atoms with E-state index in [2.05, 4.69) is 0 Å². The molecule has 0 fully saturated rings. The number of benzene rings is 1. The highest BCUT2D eigenvalue weighted by atomic mass is 16.7. The number of hydrogen-bond donors (Lipinski definition) is 1. The van der Waals surface area contributed by atoms with Gasteiger partial charge in [-0.25, -0.2) is 0 Å². The Hall–Kier alpha value is -2.67. The first-order valence-corrected chi connectivity index (χ1v) is 6.36. The van der Waals surface area contributed by atoms with Crippen molar-refractivity contribution >= 4 is 17.9 Å². The van der Waals surface area contributed by atoms with Gasteiger partial charge < -0.3 is 9.90 Å². The summed E-state index contributed by atoms with van der Waals surface area (Å²) >= 11 is 0. The minimum absolute atomic E-state index is 0.342. The molecule has 7 heteroatoms. The smallest absolute Gasteiger partial charge is 0.262 e. The normalized spacial score (nSPS) is 23.5. The molecule has 2 atom stereocenters. The van der Waals surface area contributed by atoms with Gasteiger partial charge in [-0.2, -0.15) is 0 Å². The number of imide groups is 1. The van der Waals surface area contributed by atoms with Gasteiger partial charge >= 0.3 is 0 Å². The van der Waals surface area contributed by atoms with Gasteiger partial charge in [-0.05, 0) is 18.6 Å².